The van der Waals surface area contributed by atoms with Gasteiger partial charge in [0.1, 0.15) is 5.82 Å². The van der Waals surface area contributed by atoms with E-state index in [0.717, 1.165) is 12.1 Å². The molecule has 6 nitrogen and oxygen atoms in total. The number of phenols is 1. The molecule has 0 aliphatic heterocycles. The Morgan fingerprint density at radius 2 is 1.95 bits per heavy atom. The number of nitro benzene ring substituents is 1. The SMILES string of the molecule is O=C(Nc1c(F)cccc1Br)c1cccc([N+](=O)[O-])c1O. The summed E-state index contributed by atoms with van der Waals surface area (Å²) in [6.45, 7) is 0. The second-order valence-corrected chi connectivity index (χ2v) is 4.84. The molecule has 0 radical (unpaired) electrons. The number of phenolic OH excluding ortho intramolecular Hbond substituents is 1. The van der Waals surface area contributed by atoms with Crippen LogP contribution in [0, 0.1) is 15.9 Å². The molecule has 2 rings (SSSR count). The number of nitro groups is 1. The van der Waals surface area contributed by atoms with Crippen LogP contribution in [-0.4, -0.2) is 15.9 Å². The lowest BCUT2D eigenvalue weighted by molar-refractivity contribution is -0.385. The second-order valence-electron chi connectivity index (χ2n) is 3.98. The first-order chi connectivity index (χ1) is 9.91. The molecule has 0 spiro atoms. The summed E-state index contributed by atoms with van der Waals surface area (Å²) in [5, 5.41) is 22.7. The number of hydrogen-bond donors (Lipinski definition) is 2. The highest BCUT2D eigenvalue weighted by atomic mass is 79.9. The van der Waals surface area contributed by atoms with Crippen molar-refractivity contribution in [2.45, 2.75) is 0 Å². The molecule has 0 aromatic heterocycles. The van der Waals surface area contributed by atoms with E-state index in [1.54, 1.807) is 0 Å². The summed E-state index contributed by atoms with van der Waals surface area (Å²) in [6.07, 6.45) is 0. The van der Waals surface area contributed by atoms with E-state index in [1.165, 1.54) is 24.3 Å². The van der Waals surface area contributed by atoms with Gasteiger partial charge in [0.15, 0.2) is 0 Å². The highest BCUT2D eigenvalue weighted by Gasteiger charge is 2.22. The number of para-hydroxylation sites is 2. The molecule has 1 amide bonds. The number of anilines is 1. The van der Waals surface area contributed by atoms with Crippen LogP contribution in [0.3, 0.4) is 0 Å². The molecule has 0 fully saturated rings. The standard InChI is InChI=1S/C13H8BrFN2O4/c14-8-4-2-5-9(15)11(8)16-13(19)7-3-1-6-10(12(7)18)17(20)21/h1-6,18H,(H,16,19). The monoisotopic (exact) mass is 354 g/mol. The third-order valence-corrected chi connectivity index (χ3v) is 3.32. The normalized spacial score (nSPS) is 10.2. The summed E-state index contributed by atoms with van der Waals surface area (Å²) in [7, 11) is 0. The van der Waals surface area contributed by atoms with Crippen LogP contribution in [0.15, 0.2) is 40.9 Å². The number of amides is 1. The fourth-order valence-electron chi connectivity index (χ4n) is 1.66. The molecule has 2 N–H and O–H groups in total. The lowest BCUT2D eigenvalue weighted by Crippen LogP contribution is -2.14. The number of rotatable bonds is 3. The number of nitrogens with one attached hydrogen (secondary N) is 1. The Morgan fingerprint density at radius 3 is 2.57 bits per heavy atom. The third-order valence-electron chi connectivity index (χ3n) is 2.66. The molecular weight excluding hydrogens is 347 g/mol. The predicted octanol–water partition coefficient (Wildman–Crippen LogP) is 3.45. The Labute approximate surface area is 126 Å². The first-order valence-electron chi connectivity index (χ1n) is 5.63. The topological polar surface area (TPSA) is 92.5 Å². The zero-order valence-corrected chi connectivity index (χ0v) is 11.9. The van der Waals surface area contributed by atoms with Crippen LogP contribution in [-0.2, 0) is 0 Å². The predicted molar refractivity (Wildman–Crippen MR) is 76.8 cm³/mol. The summed E-state index contributed by atoms with van der Waals surface area (Å²) in [5.74, 6) is -2.31. The fourth-order valence-corrected chi connectivity index (χ4v) is 2.10. The van der Waals surface area contributed by atoms with E-state index < -0.39 is 28.1 Å². The summed E-state index contributed by atoms with van der Waals surface area (Å²) < 4.78 is 13.9. The minimum absolute atomic E-state index is 0.117. The van der Waals surface area contributed by atoms with Gasteiger partial charge < -0.3 is 10.4 Å². The van der Waals surface area contributed by atoms with Gasteiger partial charge in [-0.15, -0.1) is 0 Å². The van der Waals surface area contributed by atoms with Crippen molar-refractivity contribution in [3.8, 4) is 5.75 Å². The summed E-state index contributed by atoms with van der Waals surface area (Å²) >= 11 is 3.08. The van der Waals surface area contributed by atoms with Gasteiger partial charge in [-0.2, -0.15) is 0 Å². The van der Waals surface area contributed by atoms with Gasteiger partial charge in [-0.1, -0.05) is 12.1 Å². The highest BCUT2D eigenvalue weighted by Crippen LogP contribution is 2.31. The van der Waals surface area contributed by atoms with Crippen LogP contribution in [0.1, 0.15) is 10.4 Å². The average Bonchev–Trinajstić information content (AvgIpc) is 2.42. The summed E-state index contributed by atoms with van der Waals surface area (Å²) in [4.78, 5) is 21.9. The molecule has 108 valence electrons. The first kappa shape index (κ1) is 14.9. The number of nitrogens with zero attached hydrogens (tertiary/aromatic N) is 1. The van der Waals surface area contributed by atoms with E-state index >= 15 is 0 Å². The van der Waals surface area contributed by atoms with Crippen LogP contribution >= 0.6 is 15.9 Å². The van der Waals surface area contributed by atoms with E-state index in [2.05, 4.69) is 21.2 Å². The van der Waals surface area contributed by atoms with E-state index in [4.69, 9.17) is 0 Å². The molecule has 0 atom stereocenters. The Balaban J connectivity index is 2.38. The van der Waals surface area contributed by atoms with Crippen LogP contribution in [0.5, 0.6) is 5.75 Å². The Kier molecular flexibility index (Phi) is 4.18. The zero-order chi connectivity index (χ0) is 15.6. The molecule has 0 aliphatic rings. The molecule has 0 heterocycles. The molecule has 8 heteroatoms. The number of carbonyl (C=O) groups is 1. The zero-order valence-electron chi connectivity index (χ0n) is 10.3. The van der Waals surface area contributed by atoms with E-state index in [1.807, 2.05) is 0 Å². The summed E-state index contributed by atoms with van der Waals surface area (Å²) in [5.41, 5.74) is -1.04. The van der Waals surface area contributed by atoms with E-state index in [0.29, 0.717) is 4.47 Å². The van der Waals surface area contributed by atoms with Crippen molar-refractivity contribution in [3.63, 3.8) is 0 Å². The van der Waals surface area contributed by atoms with Crippen LogP contribution in [0.4, 0.5) is 15.8 Å². The van der Waals surface area contributed by atoms with Gasteiger partial charge in [0, 0.05) is 10.5 Å². The van der Waals surface area contributed by atoms with Gasteiger partial charge in [0.05, 0.1) is 16.2 Å². The second kappa shape index (κ2) is 5.88. The van der Waals surface area contributed by atoms with Crippen molar-refractivity contribution in [1.82, 2.24) is 0 Å². The average molecular weight is 355 g/mol. The van der Waals surface area contributed by atoms with Crippen molar-refractivity contribution in [1.29, 1.82) is 0 Å². The number of carbonyl (C=O) groups excluding carboxylic acids is 1. The number of benzene rings is 2. The van der Waals surface area contributed by atoms with Crippen molar-refractivity contribution >= 4 is 33.2 Å². The quantitative estimate of drug-likeness (QED) is 0.652. The fraction of sp³-hybridized carbons (Fsp3) is 0. The summed E-state index contributed by atoms with van der Waals surface area (Å²) in [6, 6.07) is 7.63. The number of aromatic hydroxyl groups is 1. The van der Waals surface area contributed by atoms with Gasteiger partial charge in [-0.3, -0.25) is 14.9 Å². The van der Waals surface area contributed by atoms with Crippen molar-refractivity contribution in [3.05, 3.63) is 62.4 Å². The lowest BCUT2D eigenvalue weighted by Gasteiger charge is -2.09. The maximum Gasteiger partial charge on any atom is 0.311 e. The van der Waals surface area contributed by atoms with Gasteiger partial charge in [0.2, 0.25) is 5.75 Å². The van der Waals surface area contributed by atoms with Gasteiger partial charge in [-0.05, 0) is 34.1 Å². The van der Waals surface area contributed by atoms with Crippen molar-refractivity contribution in [2.24, 2.45) is 0 Å². The minimum Gasteiger partial charge on any atom is -0.502 e. The molecule has 0 saturated carbocycles. The number of hydrogen-bond acceptors (Lipinski definition) is 4. The molecule has 0 aliphatic carbocycles. The Morgan fingerprint density at radius 1 is 1.29 bits per heavy atom. The third kappa shape index (κ3) is 3.00. The molecule has 21 heavy (non-hydrogen) atoms. The van der Waals surface area contributed by atoms with Crippen LogP contribution < -0.4 is 5.32 Å². The van der Waals surface area contributed by atoms with Gasteiger partial charge in [-0.25, -0.2) is 4.39 Å². The van der Waals surface area contributed by atoms with Gasteiger partial charge in [0.25, 0.3) is 5.91 Å². The van der Waals surface area contributed by atoms with Crippen LogP contribution in [0.25, 0.3) is 0 Å². The molecular formula is C13H8BrFN2O4. The minimum atomic E-state index is -0.859. The largest absolute Gasteiger partial charge is 0.502 e. The van der Waals surface area contributed by atoms with E-state index in [-0.39, 0.29) is 11.3 Å². The van der Waals surface area contributed by atoms with E-state index in [9.17, 15) is 24.4 Å². The number of halogens is 2. The van der Waals surface area contributed by atoms with Crippen LogP contribution in [0.2, 0.25) is 0 Å². The molecule has 0 saturated heterocycles. The highest BCUT2D eigenvalue weighted by molar-refractivity contribution is 9.10. The maximum atomic E-state index is 13.6. The maximum absolute atomic E-state index is 13.6. The Bertz CT molecular complexity index is 716. The smallest absolute Gasteiger partial charge is 0.311 e. The molecule has 2 aromatic carbocycles. The molecule has 0 bridgehead atoms. The Hall–Kier alpha value is -2.48. The molecule has 2 aromatic rings. The first-order valence-corrected chi connectivity index (χ1v) is 6.43. The van der Waals surface area contributed by atoms with Crippen molar-refractivity contribution in [2.75, 3.05) is 5.32 Å². The van der Waals surface area contributed by atoms with Crippen molar-refractivity contribution < 1.29 is 19.2 Å². The molecule has 0 unspecified atom stereocenters. The van der Waals surface area contributed by atoms with Gasteiger partial charge >= 0.3 is 5.69 Å². The lowest BCUT2D eigenvalue weighted by atomic mass is 10.1.